The maximum Gasteiger partial charge on any atom is 0.196 e. The Morgan fingerprint density at radius 3 is 2.43 bits per heavy atom. The molecule has 0 aromatic carbocycles. The first-order valence-corrected chi connectivity index (χ1v) is 4.75. The highest BCUT2D eigenvalue weighted by molar-refractivity contribution is 5.33. The van der Waals surface area contributed by atoms with Crippen molar-refractivity contribution in [2.75, 3.05) is 20.6 Å². The van der Waals surface area contributed by atoms with E-state index in [-0.39, 0.29) is 11.8 Å². The molecule has 0 atom stereocenters. The van der Waals surface area contributed by atoms with E-state index in [1.807, 2.05) is 14.1 Å². The Morgan fingerprint density at radius 1 is 1.36 bits per heavy atom. The van der Waals surface area contributed by atoms with Crippen molar-refractivity contribution in [2.45, 2.75) is 19.9 Å². The first-order valence-electron chi connectivity index (χ1n) is 4.75. The zero-order chi connectivity index (χ0) is 10.7. The molecule has 2 N–H and O–H groups in total. The number of nitrogens with zero attached hydrogens (tertiary/aromatic N) is 2. The molecule has 0 bridgehead atoms. The van der Waals surface area contributed by atoms with Gasteiger partial charge in [-0.3, -0.25) is 4.57 Å². The summed E-state index contributed by atoms with van der Waals surface area (Å²) in [7, 11) is 4.00. The molecule has 0 radical (unpaired) electrons. The Morgan fingerprint density at radius 2 is 2.00 bits per heavy atom. The maximum atomic E-state index is 9.57. The van der Waals surface area contributed by atoms with Gasteiger partial charge in [0.15, 0.2) is 11.8 Å². The molecular formula is C10H18N2O2. The van der Waals surface area contributed by atoms with Gasteiger partial charge < -0.3 is 15.1 Å². The number of aromatic hydroxyl groups is 2. The minimum absolute atomic E-state index is 0.138. The predicted octanol–water partition coefficient (Wildman–Crippen LogP) is 1.16. The van der Waals surface area contributed by atoms with Crippen LogP contribution in [0.1, 0.15) is 12.0 Å². The third-order valence-corrected chi connectivity index (χ3v) is 2.22. The fraction of sp³-hybridized carbons (Fsp3) is 0.600. The Kier molecular flexibility index (Phi) is 3.41. The van der Waals surface area contributed by atoms with Crippen molar-refractivity contribution in [3.63, 3.8) is 0 Å². The highest BCUT2D eigenvalue weighted by Gasteiger charge is 2.09. The summed E-state index contributed by atoms with van der Waals surface area (Å²) in [6, 6.07) is 1.57. The molecular weight excluding hydrogens is 180 g/mol. The van der Waals surface area contributed by atoms with Crippen LogP contribution in [0.2, 0.25) is 0 Å². The molecule has 1 heterocycles. The molecule has 0 saturated heterocycles. The molecule has 14 heavy (non-hydrogen) atoms. The number of aromatic nitrogens is 1. The molecule has 4 heteroatoms. The highest BCUT2D eigenvalue weighted by atomic mass is 16.3. The minimum Gasteiger partial charge on any atom is -0.494 e. The normalized spacial score (nSPS) is 11.1. The maximum absolute atomic E-state index is 9.57. The minimum atomic E-state index is 0.138. The smallest absolute Gasteiger partial charge is 0.196 e. The standard InChI is InChI=1S/C10H18N2O2/c1-8-7-9(13)12(10(8)14)6-4-5-11(2)3/h7,13-14H,4-6H2,1-3H3. The SMILES string of the molecule is Cc1cc(O)n(CCCN(C)C)c1O. The van der Waals surface area contributed by atoms with Gasteiger partial charge in [0.25, 0.3) is 0 Å². The van der Waals surface area contributed by atoms with E-state index in [4.69, 9.17) is 0 Å². The average Bonchev–Trinajstić information content (AvgIpc) is 2.31. The lowest BCUT2D eigenvalue weighted by Gasteiger charge is -2.10. The Balaban J connectivity index is 2.58. The zero-order valence-corrected chi connectivity index (χ0v) is 8.99. The molecule has 0 aliphatic heterocycles. The van der Waals surface area contributed by atoms with Gasteiger partial charge in [0, 0.05) is 18.2 Å². The van der Waals surface area contributed by atoms with Gasteiger partial charge in [-0.15, -0.1) is 0 Å². The van der Waals surface area contributed by atoms with Crippen molar-refractivity contribution in [1.29, 1.82) is 0 Å². The van der Waals surface area contributed by atoms with E-state index in [0.717, 1.165) is 13.0 Å². The van der Waals surface area contributed by atoms with E-state index >= 15 is 0 Å². The first-order chi connectivity index (χ1) is 6.52. The van der Waals surface area contributed by atoms with Gasteiger partial charge in [-0.2, -0.15) is 0 Å². The van der Waals surface area contributed by atoms with Crippen LogP contribution in [0.4, 0.5) is 0 Å². The van der Waals surface area contributed by atoms with E-state index in [1.165, 1.54) is 4.57 Å². The fourth-order valence-electron chi connectivity index (χ4n) is 1.42. The monoisotopic (exact) mass is 198 g/mol. The molecule has 0 aliphatic carbocycles. The summed E-state index contributed by atoms with van der Waals surface area (Å²) in [5.41, 5.74) is 0.715. The summed E-state index contributed by atoms with van der Waals surface area (Å²) in [5.74, 6) is 0.306. The lowest BCUT2D eigenvalue weighted by molar-refractivity contribution is 0.340. The van der Waals surface area contributed by atoms with Crippen LogP contribution in [-0.4, -0.2) is 40.3 Å². The molecule has 0 amide bonds. The molecule has 0 fully saturated rings. The highest BCUT2D eigenvalue weighted by Crippen LogP contribution is 2.26. The van der Waals surface area contributed by atoms with E-state index in [1.54, 1.807) is 13.0 Å². The summed E-state index contributed by atoms with van der Waals surface area (Å²) in [5, 5.41) is 19.0. The fourth-order valence-corrected chi connectivity index (χ4v) is 1.42. The summed E-state index contributed by atoms with van der Waals surface area (Å²) >= 11 is 0. The van der Waals surface area contributed by atoms with Gasteiger partial charge in [0.2, 0.25) is 0 Å². The van der Waals surface area contributed by atoms with Crippen LogP contribution in [-0.2, 0) is 6.54 Å². The zero-order valence-electron chi connectivity index (χ0n) is 8.99. The Bertz CT molecular complexity index is 305. The lowest BCUT2D eigenvalue weighted by atomic mass is 10.4. The van der Waals surface area contributed by atoms with Crippen molar-refractivity contribution in [1.82, 2.24) is 9.47 Å². The van der Waals surface area contributed by atoms with Gasteiger partial charge >= 0.3 is 0 Å². The first kappa shape index (κ1) is 10.9. The number of hydrogen-bond donors (Lipinski definition) is 2. The van der Waals surface area contributed by atoms with Gasteiger partial charge in [-0.1, -0.05) is 0 Å². The van der Waals surface area contributed by atoms with Crippen LogP contribution >= 0.6 is 0 Å². The second kappa shape index (κ2) is 4.37. The largest absolute Gasteiger partial charge is 0.494 e. The number of aryl methyl sites for hydroxylation is 1. The third-order valence-electron chi connectivity index (χ3n) is 2.22. The molecule has 0 saturated carbocycles. The Labute approximate surface area is 84.4 Å². The van der Waals surface area contributed by atoms with Crippen LogP contribution in [0.5, 0.6) is 11.8 Å². The van der Waals surface area contributed by atoms with Crippen LogP contribution in [0.25, 0.3) is 0 Å². The number of rotatable bonds is 4. The van der Waals surface area contributed by atoms with E-state index in [0.29, 0.717) is 12.1 Å². The molecule has 4 nitrogen and oxygen atoms in total. The van der Waals surface area contributed by atoms with Crippen LogP contribution in [0.3, 0.4) is 0 Å². The predicted molar refractivity (Wildman–Crippen MR) is 55.7 cm³/mol. The van der Waals surface area contributed by atoms with Crippen LogP contribution in [0.15, 0.2) is 6.07 Å². The summed E-state index contributed by atoms with van der Waals surface area (Å²) < 4.78 is 1.53. The van der Waals surface area contributed by atoms with Gasteiger partial charge in [0.1, 0.15) is 0 Å². The third kappa shape index (κ3) is 2.42. The van der Waals surface area contributed by atoms with Crippen molar-refractivity contribution < 1.29 is 10.2 Å². The van der Waals surface area contributed by atoms with Crippen LogP contribution < -0.4 is 0 Å². The topological polar surface area (TPSA) is 48.6 Å². The van der Waals surface area contributed by atoms with Crippen molar-refractivity contribution in [3.8, 4) is 11.8 Å². The van der Waals surface area contributed by atoms with Crippen molar-refractivity contribution in [2.24, 2.45) is 0 Å². The lowest BCUT2D eigenvalue weighted by Crippen LogP contribution is -2.14. The van der Waals surface area contributed by atoms with Gasteiger partial charge in [-0.25, -0.2) is 0 Å². The summed E-state index contributed by atoms with van der Waals surface area (Å²) in [6.45, 7) is 3.36. The van der Waals surface area contributed by atoms with Crippen LogP contribution in [0, 0.1) is 6.92 Å². The molecule has 0 aliphatic rings. The molecule has 1 rings (SSSR count). The second-order valence-electron chi connectivity index (χ2n) is 3.82. The molecule has 0 unspecified atom stereocenters. The second-order valence-corrected chi connectivity index (χ2v) is 3.82. The molecule has 0 spiro atoms. The van der Waals surface area contributed by atoms with Gasteiger partial charge in [-0.05, 0) is 34.0 Å². The quantitative estimate of drug-likeness (QED) is 0.763. The molecule has 1 aromatic heterocycles. The average molecular weight is 198 g/mol. The molecule has 80 valence electrons. The van der Waals surface area contributed by atoms with Crippen molar-refractivity contribution >= 4 is 0 Å². The Hall–Kier alpha value is -1.16. The number of hydrogen-bond acceptors (Lipinski definition) is 3. The van der Waals surface area contributed by atoms with E-state index < -0.39 is 0 Å². The molecule has 1 aromatic rings. The van der Waals surface area contributed by atoms with E-state index in [2.05, 4.69) is 4.90 Å². The summed E-state index contributed by atoms with van der Waals surface area (Å²) in [4.78, 5) is 2.07. The van der Waals surface area contributed by atoms with E-state index in [9.17, 15) is 10.2 Å². The van der Waals surface area contributed by atoms with Gasteiger partial charge in [0.05, 0.1) is 0 Å². The van der Waals surface area contributed by atoms with Crippen molar-refractivity contribution in [3.05, 3.63) is 11.6 Å². The summed E-state index contributed by atoms with van der Waals surface area (Å²) in [6.07, 6.45) is 0.905.